The second kappa shape index (κ2) is 8.28. The predicted molar refractivity (Wildman–Crippen MR) is 102 cm³/mol. The summed E-state index contributed by atoms with van der Waals surface area (Å²) in [6, 6.07) is 4.00. The molecule has 1 amide bonds. The van der Waals surface area contributed by atoms with Crippen LogP contribution < -0.4 is 15.0 Å². The number of unbranched alkanes of at least 4 members (excludes halogenated alkanes) is 1. The summed E-state index contributed by atoms with van der Waals surface area (Å²) in [5, 5.41) is 3.66. The number of amides is 1. The molecule has 0 spiro atoms. The number of likely N-dealkylation sites (N-methyl/N-ethyl adjacent to an activating group) is 1. The van der Waals surface area contributed by atoms with E-state index in [0.29, 0.717) is 35.5 Å². The molecular formula is C19H28ClN3O2. The first-order chi connectivity index (χ1) is 12.1. The molecule has 0 radical (unpaired) electrons. The monoisotopic (exact) mass is 365 g/mol. The molecule has 2 aliphatic heterocycles. The Morgan fingerprint density at radius 2 is 2.24 bits per heavy atom. The van der Waals surface area contributed by atoms with Crippen molar-refractivity contribution in [3.63, 3.8) is 0 Å². The molecule has 1 N–H and O–H groups in total. The van der Waals surface area contributed by atoms with Crippen LogP contribution in [0.1, 0.15) is 43.0 Å². The van der Waals surface area contributed by atoms with Gasteiger partial charge in [-0.25, -0.2) is 0 Å². The molecular weight excluding hydrogens is 338 g/mol. The number of halogens is 1. The van der Waals surface area contributed by atoms with Crippen LogP contribution in [0.25, 0.3) is 0 Å². The zero-order chi connectivity index (χ0) is 17.8. The van der Waals surface area contributed by atoms with Crippen molar-refractivity contribution >= 4 is 23.2 Å². The largest absolute Gasteiger partial charge is 0.489 e. The van der Waals surface area contributed by atoms with Gasteiger partial charge in [0.05, 0.1) is 17.8 Å². The smallest absolute Gasteiger partial charge is 0.255 e. The molecule has 0 aromatic heterocycles. The lowest BCUT2D eigenvalue weighted by Crippen LogP contribution is -2.41. The Kier molecular flexibility index (Phi) is 6.07. The van der Waals surface area contributed by atoms with E-state index in [1.54, 1.807) is 6.07 Å². The average molecular weight is 366 g/mol. The molecule has 25 heavy (non-hydrogen) atoms. The lowest BCUT2D eigenvalue weighted by atomic mass is 10.1. The molecule has 1 fully saturated rings. The third-order valence-corrected chi connectivity index (χ3v) is 5.38. The summed E-state index contributed by atoms with van der Waals surface area (Å²) in [4.78, 5) is 17.3. The maximum atomic E-state index is 12.8. The molecule has 138 valence electrons. The van der Waals surface area contributed by atoms with Crippen LogP contribution in [0, 0.1) is 0 Å². The van der Waals surface area contributed by atoms with E-state index in [0.717, 1.165) is 31.7 Å². The van der Waals surface area contributed by atoms with E-state index in [9.17, 15) is 4.79 Å². The Bertz CT molecular complexity index is 623. The first-order valence-electron chi connectivity index (χ1n) is 9.30. The van der Waals surface area contributed by atoms with Crippen molar-refractivity contribution in [2.45, 2.75) is 38.6 Å². The topological polar surface area (TPSA) is 44.8 Å². The van der Waals surface area contributed by atoms with E-state index in [1.165, 1.54) is 19.3 Å². The number of anilines is 1. The number of carbonyl (C=O) groups excluding carboxylic acids is 1. The Morgan fingerprint density at radius 3 is 3.04 bits per heavy atom. The Hall–Kier alpha value is -1.46. The van der Waals surface area contributed by atoms with Gasteiger partial charge in [-0.05, 0) is 44.5 Å². The summed E-state index contributed by atoms with van der Waals surface area (Å²) in [6.45, 7) is 6.53. The van der Waals surface area contributed by atoms with E-state index in [2.05, 4.69) is 22.0 Å². The molecule has 6 heteroatoms. The maximum Gasteiger partial charge on any atom is 0.255 e. The van der Waals surface area contributed by atoms with E-state index < -0.39 is 0 Å². The van der Waals surface area contributed by atoms with Gasteiger partial charge in [-0.1, -0.05) is 24.9 Å². The van der Waals surface area contributed by atoms with Crippen LogP contribution in [-0.4, -0.2) is 56.7 Å². The van der Waals surface area contributed by atoms with Gasteiger partial charge in [0.25, 0.3) is 5.91 Å². The van der Waals surface area contributed by atoms with Crippen molar-refractivity contribution in [3.8, 4) is 5.75 Å². The van der Waals surface area contributed by atoms with Crippen LogP contribution in [0.3, 0.4) is 0 Å². The fourth-order valence-corrected chi connectivity index (χ4v) is 3.89. The van der Waals surface area contributed by atoms with Crippen molar-refractivity contribution in [1.29, 1.82) is 0 Å². The highest BCUT2D eigenvalue weighted by Crippen LogP contribution is 2.37. The quantitative estimate of drug-likeness (QED) is 0.841. The van der Waals surface area contributed by atoms with Crippen LogP contribution in [0.2, 0.25) is 5.02 Å². The molecule has 0 unspecified atom stereocenters. The zero-order valence-corrected chi connectivity index (χ0v) is 15.9. The normalized spacial score (nSPS) is 20.3. The van der Waals surface area contributed by atoms with E-state index in [-0.39, 0.29) is 5.91 Å². The zero-order valence-electron chi connectivity index (χ0n) is 15.2. The number of likely N-dealkylation sites (tertiary alicyclic amines) is 1. The lowest BCUT2D eigenvalue weighted by Gasteiger charge is -2.29. The summed E-state index contributed by atoms with van der Waals surface area (Å²) in [5.41, 5.74) is 1.42. The molecule has 1 aromatic rings. The molecule has 1 aromatic carbocycles. The van der Waals surface area contributed by atoms with Gasteiger partial charge in [-0.2, -0.15) is 0 Å². The predicted octanol–water partition coefficient (Wildman–Crippen LogP) is 3.16. The summed E-state index contributed by atoms with van der Waals surface area (Å²) >= 11 is 6.23. The molecule has 5 nitrogen and oxygen atoms in total. The number of hydrogen-bond donors (Lipinski definition) is 1. The average Bonchev–Trinajstić information content (AvgIpc) is 3.05. The lowest BCUT2D eigenvalue weighted by molar-refractivity contribution is 0.0936. The second-order valence-corrected chi connectivity index (χ2v) is 7.40. The summed E-state index contributed by atoms with van der Waals surface area (Å²) in [7, 11) is 1.99. The number of ether oxygens (including phenoxy) is 1. The maximum absolute atomic E-state index is 12.8. The minimum absolute atomic E-state index is 0.101. The minimum Gasteiger partial charge on any atom is -0.489 e. The summed E-state index contributed by atoms with van der Waals surface area (Å²) in [5.74, 6) is 0.543. The van der Waals surface area contributed by atoms with Crippen LogP contribution in [0.4, 0.5) is 5.69 Å². The van der Waals surface area contributed by atoms with Gasteiger partial charge in [-0.3, -0.25) is 9.69 Å². The molecule has 0 bridgehead atoms. The van der Waals surface area contributed by atoms with Crippen molar-refractivity contribution in [3.05, 3.63) is 22.7 Å². The van der Waals surface area contributed by atoms with Crippen molar-refractivity contribution in [2.75, 3.05) is 44.7 Å². The first kappa shape index (κ1) is 18.3. The number of nitrogens with zero attached hydrogens (tertiary/aromatic N) is 2. The third kappa shape index (κ3) is 4.21. The molecule has 1 atom stereocenters. The third-order valence-electron chi connectivity index (χ3n) is 5.16. The molecule has 0 aliphatic carbocycles. The number of hydrogen-bond acceptors (Lipinski definition) is 4. The highest BCUT2D eigenvalue weighted by molar-refractivity contribution is 6.31. The summed E-state index contributed by atoms with van der Waals surface area (Å²) in [6.07, 6.45) is 4.78. The van der Waals surface area contributed by atoms with E-state index >= 15 is 0 Å². The SMILES string of the molecule is CCCCN1CCC[C@@H]1CNC(=O)c1cc(Cl)cc2c1OCCN2C. The van der Waals surface area contributed by atoms with Crippen molar-refractivity contribution in [2.24, 2.45) is 0 Å². The van der Waals surface area contributed by atoms with E-state index in [4.69, 9.17) is 16.3 Å². The van der Waals surface area contributed by atoms with Gasteiger partial charge in [-0.15, -0.1) is 0 Å². The molecule has 2 aliphatic rings. The highest BCUT2D eigenvalue weighted by Gasteiger charge is 2.26. The van der Waals surface area contributed by atoms with Crippen molar-refractivity contribution in [1.82, 2.24) is 10.2 Å². The summed E-state index contributed by atoms with van der Waals surface area (Å²) < 4.78 is 5.78. The highest BCUT2D eigenvalue weighted by atomic mass is 35.5. The molecule has 2 heterocycles. The molecule has 1 saturated heterocycles. The number of rotatable bonds is 6. The van der Waals surface area contributed by atoms with Gasteiger partial charge in [0.1, 0.15) is 6.61 Å². The van der Waals surface area contributed by atoms with Gasteiger partial charge in [0, 0.05) is 24.7 Å². The second-order valence-electron chi connectivity index (χ2n) is 6.97. The van der Waals surface area contributed by atoms with Crippen LogP contribution in [0.15, 0.2) is 12.1 Å². The van der Waals surface area contributed by atoms with E-state index in [1.807, 2.05) is 13.1 Å². The Morgan fingerprint density at radius 1 is 1.40 bits per heavy atom. The number of benzene rings is 1. The molecule has 0 saturated carbocycles. The first-order valence-corrected chi connectivity index (χ1v) is 9.67. The standard InChI is InChI=1S/C19H28ClN3O2/c1-3-4-7-23-8-5-6-15(23)13-21-19(24)16-11-14(20)12-17-18(16)25-10-9-22(17)2/h11-12,15H,3-10,13H2,1-2H3,(H,21,24)/t15-/m1/s1. The van der Waals surface area contributed by atoms with Crippen LogP contribution in [0.5, 0.6) is 5.75 Å². The van der Waals surface area contributed by atoms with Gasteiger partial charge in [0.15, 0.2) is 5.75 Å². The van der Waals surface area contributed by atoms with Gasteiger partial charge in [0.2, 0.25) is 0 Å². The van der Waals surface area contributed by atoms with Gasteiger partial charge >= 0.3 is 0 Å². The Labute approximate surface area is 155 Å². The molecule has 3 rings (SSSR count). The number of nitrogens with one attached hydrogen (secondary N) is 1. The van der Waals surface area contributed by atoms with Crippen molar-refractivity contribution < 1.29 is 9.53 Å². The van der Waals surface area contributed by atoms with Crippen LogP contribution >= 0.6 is 11.6 Å². The Balaban J connectivity index is 1.67. The van der Waals surface area contributed by atoms with Gasteiger partial charge < -0.3 is 15.0 Å². The number of carbonyl (C=O) groups is 1. The minimum atomic E-state index is -0.101. The fraction of sp³-hybridized carbons (Fsp3) is 0.632. The number of fused-ring (bicyclic) bond motifs is 1. The van der Waals surface area contributed by atoms with Crippen LogP contribution in [-0.2, 0) is 0 Å². The fourth-order valence-electron chi connectivity index (χ4n) is 3.68.